The largest absolute Gasteiger partial charge is 0.361 e. The minimum Gasteiger partial charge on any atom is -0.361 e. The van der Waals surface area contributed by atoms with Gasteiger partial charge >= 0.3 is 0 Å². The number of hydrogen-bond donors (Lipinski definition) is 0. The van der Waals surface area contributed by atoms with E-state index in [1.165, 1.54) is 0 Å². The van der Waals surface area contributed by atoms with Crippen LogP contribution in [0.4, 0.5) is 0 Å². The van der Waals surface area contributed by atoms with Crippen molar-refractivity contribution in [3.05, 3.63) is 0 Å². The summed E-state index contributed by atoms with van der Waals surface area (Å²) < 4.78 is 0. The van der Waals surface area contributed by atoms with Gasteiger partial charge in [0.1, 0.15) is 0 Å². The standard InChI is InChI=1S/C5H10N2/c1-5-3-6-4-7(5)2/h4-5H,3H2,1-2H3. The topological polar surface area (TPSA) is 15.6 Å². The Morgan fingerprint density at radius 3 is 2.71 bits per heavy atom. The van der Waals surface area contributed by atoms with Gasteiger partial charge in [0.2, 0.25) is 0 Å². The van der Waals surface area contributed by atoms with E-state index in [9.17, 15) is 0 Å². The number of aliphatic imine (C=N–C) groups is 1. The van der Waals surface area contributed by atoms with Gasteiger partial charge in [-0.1, -0.05) is 0 Å². The molecule has 2 heteroatoms. The molecule has 7 heavy (non-hydrogen) atoms. The van der Waals surface area contributed by atoms with Crippen molar-refractivity contribution in [2.45, 2.75) is 13.0 Å². The number of hydrogen-bond acceptors (Lipinski definition) is 2. The van der Waals surface area contributed by atoms with E-state index in [0.717, 1.165) is 6.54 Å². The Morgan fingerprint density at radius 2 is 2.57 bits per heavy atom. The monoisotopic (exact) mass is 98.1 g/mol. The normalized spacial score (nSPS) is 29.4. The van der Waals surface area contributed by atoms with Crippen LogP contribution in [0.2, 0.25) is 0 Å². The second kappa shape index (κ2) is 1.52. The highest BCUT2D eigenvalue weighted by Crippen LogP contribution is 1.98. The SMILES string of the molecule is CC1CN=CN1C. The lowest BCUT2D eigenvalue weighted by molar-refractivity contribution is 0.441. The minimum atomic E-state index is 0.625. The summed E-state index contributed by atoms with van der Waals surface area (Å²) in [6, 6.07) is 0.625. The van der Waals surface area contributed by atoms with Crippen molar-refractivity contribution in [3.63, 3.8) is 0 Å². The maximum atomic E-state index is 4.05. The molecule has 0 aromatic heterocycles. The fourth-order valence-corrected chi connectivity index (χ4v) is 0.571. The molecule has 1 unspecified atom stereocenters. The summed E-state index contributed by atoms with van der Waals surface area (Å²) in [6.45, 7) is 3.13. The molecule has 40 valence electrons. The molecule has 0 saturated carbocycles. The van der Waals surface area contributed by atoms with Gasteiger partial charge in [-0.2, -0.15) is 0 Å². The Morgan fingerprint density at radius 1 is 1.86 bits per heavy atom. The molecule has 1 rings (SSSR count). The number of likely N-dealkylation sites (N-methyl/N-ethyl adjacent to an activating group) is 1. The third-order valence-corrected chi connectivity index (χ3v) is 1.33. The summed E-state index contributed by atoms with van der Waals surface area (Å²) >= 11 is 0. The van der Waals surface area contributed by atoms with Crippen molar-refractivity contribution in [1.82, 2.24) is 4.90 Å². The van der Waals surface area contributed by atoms with E-state index >= 15 is 0 Å². The van der Waals surface area contributed by atoms with E-state index in [-0.39, 0.29) is 0 Å². The molecule has 2 nitrogen and oxygen atoms in total. The van der Waals surface area contributed by atoms with E-state index in [2.05, 4.69) is 16.8 Å². The average molecular weight is 98.1 g/mol. The summed E-state index contributed by atoms with van der Waals surface area (Å²) in [7, 11) is 2.04. The highest BCUT2D eigenvalue weighted by Gasteiger charge is 2.08. The molecule has 0 amide bonds. The summed E-state index contributed by atoms with van der Waals surface area (Å²) in [6.07, 6.45) is 1.88. The van der Waals surface area contributed by atoms with Gasteiger partial charge < -0.3 is 4.90 Å². The summed E-state index contributed by atoms with van der Waals surface area (Å²) in [5.41, 5.74) is 0. The Kier molecular flexibility index (Phi) is 1.01. The van der Waals surface area contributed by atoms with E-state index in [1.54, 1.807) is 0 Å². The molecule has 1 aliphatic heterocycles. The van der Waals surface area contributed by atoms with Crippen LogP contribution in [0.5, 0.6) is 0 Å². The van der Waals surface area contributed by atoms with Crippen LogP contribution >= 0.6 is 0 Å². The van der Waals surface area contributed by atoms with Gasteiger partial charge in [-0.3, -0.25) is 4.99 Å². The van der Waals surface area contributed by atoms with Crippen LogP contribution in [0.25, 0.3) is 0 Å². The molecule has 0 aromatic carbocycles. The minimum absolute atomic E-state index is 0.625. The predicted octanol–water partition coefficient (Wildman–Crippen LogP) is 0.349. The summed E-state index contributed by atoms with van der Waals surface area (Å²) in [5, 5.41) is 0. The van der Waals surface area contributed by atoms with E-state index in [0.29, 0.717) is 6.04 Å². The van der Waals surface area contributed by atoms with Crippen molar-refractivity contribution < 1.29 is 0 Å². The van der Waals surface area contributed by atoms with E-state index in [1.807, 2.05) is 13.4 Å². The Balaban J connectivity index is 2.45. The van der Waals surface area contributed by atoms with E-state index in [4.69, 9.17) is 0 Å². The zero-order chi connectivity index (χ0) is 5.28. The van der Waals surface area contributed by atoms with Crippen molar-refractivity contribution in [2.75, 3.05) is 13.6 Å². The quantitative estimate of drug-likeness (QED) is 0.427. The molecule has 1 aliphatic rings. The van der Waals surface area contributed by atoms with Crippen LogP contribution in [-0.2, 0) is 0 Å². The summed E-state index contributed by atoms with van der Waals surface area (Å²) in [5.74, 6) is 0. The van der Waals surface area contributed by atoms with Crippen molar-refractivity contribution in [1.29, 1.82) is 0 Å². The fourth-order valence-electron chi connectivity index (χ4n) is 0.571. The predicted molar refractivity (Wildman–Crippen MR) is 30.6 cm³/mol. The zero-order valence-electron chi connectivity index (χ0n) is 4.76. The average Bonchev–Trinajstić information content (AvgIpc) is 1.91. The molecule has 1 heterocycles. The summed E-state index contributed by atoms with van der Waals surface area (Å²) in [4.78, 5) is 6.16. The molecule has 1 atom stereocenters. The lowest BCUT2D eigenvalue weighted by Crippen LogP contribution is -2.23. The molecular formula is C5H10N2. The molecule has 0 aliphatic carbocycles. The molecule has 0 aromatic rings. The first-order chi connectivity index (χ1) is 3.30. The van der Waals surface area contributed by atoms with Crippen LogP contribution in [-0.4, -0.2) is 30.9 Å². The van der Waals surface area contributed by atoms with Crippen LogP contribution in [0.1, 0.15) is 6.92 Å². The van der Waals surface area contributed by atoms with Crippen LogP contribution in [0.15, 0.2) is 4.99 Å². The van der Waals surface area contributed by atoms with Crippen LogP contribution in [0.3, 0.4) is 0 Å². The second-order valence-electron chi connectivity index (χ2n) is 2.00. The maximum Gasteiger partial charge on any atom is 0.0851 e. The molecule has 0 bridgehead atoms. The zero-order valence-corrected chi connectivity index (χ0v) is 4.76. The third-order valence-electron chi connectivity index (χ3n) is 1.33. The smallest absolute Gasteiger partial charge is 0.0851 e. The van der Waals surface area contributed by atoms with Crippen molar-refractivity contribution in [2.24, 2.45) is 4.99 Å². The highest BCUT2D eigenvalue weighted by molar-refractivity contribution is 5.57. The van der Waals surface area contributed by atoms with Gasteiger partial charge in [0.05, 0.1) is 12.9 Å². The molecule has 0 fully saturated rings. The molecule has 0 N–H and O–H groups in total. The van der Waals surface area contributed by atoms with Crippen LogP contribution < -0.4 is 0 Å². The first-order valence-corrected chi connectivity index (χ1v) is 2.52. The van der Waals surface area contributed by atoms with Crippen molar-refractivity contribution >= 4 is 6.34 Å². The molecular weight excluding hydrogens is 88.1 g/mol. The molecule has 0 radical (unpaired) electrons. The van der Waals surface area contributed by atoms with E-state index < -0.39 is 0 Å². The maximum absolute atomic E-state index is 4.05. The number of nitrogens with zero attached hydrogens (tertiary/aromatic N) is 2. The molecule has 0 spiro atoms. The first-order valence-electron chi connectivity index (χ1n) is 2.52. The number of rotatable bonds is 0. The Bertz CT molecular complexity index is 88.1. The van der Waals surface area contributed by atoms with Gasteiger partial charge in [-0.25, -0.2) is 0 Å². The lowest BCUT2D eigenvalue weighted by atomic mass is 10.3. The molecule has 0 saturated heterocycles. The fraction of sp³-hybridized carbons (Fsp3) is 0.800. The third kappa shape index (κ3) is 0.734. The highest BCUT2D eigenvalue weighted by atomic mass is 15.2. The van der Waals surface area contributed by atoms with Gasteiger partial charge in [-0.05, 0) is 6.92 Å². The van der Waals surface area contributed by atoms with Crippen molar-refractivity contribution in [3.8, 4) is 0 Å². The lowest BCUT2D eigenvalue weighted by Gasteiger charge is -2.11. The van der Waals surface area contributed by atoms with Gasteiger partial charge in [0, 0.05) is 13.1 Å². The second-order valence-corrected chi connectivity index (χ2v) is 2.00. The Hall–Kier alpha value is -0.530. The first kappa shape index (κ1) is 4.62. The van der Waals surface area contributed by atoms with Gasteiger partial charge in [0.15, 0.2) is 0 Å². The van der Waals surface area contributed by atoms with Gasteiger partial charge in [0.25, 0.3) is 0 Å². The van der Waals surface area contributed by atoms with Crippen LogP contribution in [0, 0.1) is 0 Å². The van der Waals surface area contributed by atoms with Gasteiger partial charge in [-0.15, -0.1) is 0 Å². The Labute approximate surface area is 43.8 Å².